The van der Waals surface area contributed by atoms with Crippen molar-refractivity contribution in [2.75, 3.05) is 61.3 Å². The highest BCUT2D eigenvalue weighted by Crippen LogP contribution is 2.43. The molecule has 3 atom stereocenters. The Morgan fingerprint density at radius 1 is 0.779 bits per heavy atom. The minimum atomic E-state index is -0.436. The molecule has 0 saturated carbocycles. The maximum atomic E-state index is 14.0. The number of ether oxygens (including phenoxy) is 4. The Morgan fingerprint density at radius 3 is 1.95 bits per heavy atom. The van der Waals surface area contributed by atoms with Gasteiger partial charge < -0.3 is 66.1 Å². The Bertz CT molecular complexity index is 3270. The van der Waals surface area contributed by atoms with Gasteiger partial charge in [-0.25, -0.2) is 0 Å². The van der Waals surface area contributed by atoms with Crippen molar-refractivity contribution in [2.24, 2.45) is 15.5 Å². The molecule has 0 aliphatic carbocycles. The van der Waals surface area contributed by atoms with E-state index in [0.717, 1.165) is 46.5 Å². The van der Waals surface area contributed by atoms with Crippen LogP contribution in [0.2, 0.25) is 0 Å². The molecule has 86 heavy (non-hydrogen) atoms. The number of fused-ring (bicyclic) bond motifs is 8. The number of nitrogens with one attached hydrogen (secondary N) is 6. The zero-order chi connectivity index (χ0) is 61.4. The van der Waals surface area contributed by atoms with E-state index in [1.807, 2.05) is 91.7 Å². The van der Waals surface area contributed by atoms with Gasteiger partial charge in [0, 0.05) is 74.5 Å². The summed E-state index contributed by atoms with van der Waals surface area (Å²) in [5, 5.41) is 18.6. The lowest BCUT2D eigenvalue weighted by molar-refractivity contribution is -0.123. The second-order valence-corrected chi connectivity index (χ2v) is 22.1. The van der Waals surface area contributed by atoms with Gasteiger partial charge in [-0.2, -0.15) is 5.10 Å². The molecule has 4 aliphatic heterocycles. The lowest BCUT2D eigenvalue weighted by Gasteiger charge is -2.41. The number of aldehydes is 1. The largest absolute Gasteiger partial charge is 0.493 e. The highest BCUT2D eigenvalue weighted by Gasteiger charge is 2.40. The van der Waals surface area contributed by atoms with E-state index >= 15 is 0 Å². The summed E-state index contributed by atoms with van der Waals surface area (Å²) in [6.07, 6.45) is 6.76. The number of likely N-dealkylation sites (N-methyl/N-ethyl adjacent to an activating group) is 1. The lowest BCUT2D eigenvalue weighted by atomic mass is 9.72. The smallest absolute Gasteiger partial charge is 0.261 e. The highest BCUT2D eigenvalue weighted by molar-refractivity contribution is 6.15. The summed E-state index contributed by atoms with van der Waals surface area (Å²) in [4.78, 5) is 82.5. The molecule has 5 amide bonds. The number of methoxy groups -OCH3 is 2. The minimum absolute atomic E-state index is 0. The minimum Gasteiger partial charge on any atom is -0.493 e. The molecule has 0 radical (unpaired) electrons. The van der Waals surface area contributed by atoms with Gasteiger partial charge in [0.2, 0.25) is 17.7 Å². The average Bonchev–Trinajstić information content (AvgIpc) is 1.68. The number of amides is 5. The van der Waals surface area contributed by atoms with Crippen molar-refractivity contribution in [3.8, 4) is 23.0 Å². The number of carbonyl (C=O) groups is 6. The molecule has 5 aromatic rings. The molecule has 0 spiro atoms. The molecule has 0 fully saturated rings. The molecule has 0 bridgehead atoms. The van der Waals surface area contributed by atoms with Crippen LogP contribution in [0.15, 0.2) is 101 Å². The number of hydrogen-bond donors (Lipinski definition) is 6. The van der Waals surface area contributed by atoms with E-state index in [1.54, 1.807) is 44.2 Å². The normalized spacial score (nSPS) is 15.3. The first-order valence-electron chi connectivity index (χ1n) is 29.0. The SMILES string of the molecule is C=NNC(C)(C)C(C)(C)CCNC(=O)CCCCC(=O)NCC=O.CC.CNC(C)C(=O)Nc1cc(COc2cc3c(cc2OC)C(=O)N2c4ccccc4C[C@H]2C=N3)cc(COc2cc3c(cc2OC)C(=O)N2c4ccccc4CC2CN3)c1.O. The van der Waals surface area contributed by atoms with Crippen LogP contribution in [0.5, 0.6) is 23.0 Å². The van der Waals surface area contributed by atoms with Crippen LogP contribution >= 0.6 is 0 Å². The molecule has 4 aliphatic rings. The number of anilines is 4. The Morgan fingerprint density at radius 2 is 1.35 bits per heavy atom. The Hall–Kier alpha value is -8.82. The molecule has 8 N–H and O–H groups in total. The third-order valence-electron chi connectivity index (χ3n) is 16.0. The van der Waals surface area contributed by atoms with E-state index in [9.17, 15) is 28.8 Å². The molecular formula is C65H84N10O11. The Kier molecular flexibility index (Phi) is 23.4. The fraction of sp³-hybridized carbons (Fsp3) is 0.415. The first kappa shape index (κ1) is 66.3. The van der Waals surface area contributed by atoms with Crippen LogP contribution in [0.1, 0.15) is 124 Å². The zero-order valence-corrected chi connectivity index (χ0v) is 51.1. The number of hydrazone groups is 1. The average molecular weight is 1180 g/mol. The van der Waals surface area contributed by atoms with E-state index in [2.05, 4.69) is 77.6 Å². The third kappa shape index (κ3) is 15.7. The second kappa shape index (κ2) is 30.3. The fourth-order valence-electron chi connectivity index (χ4n) is 10.4. The van der Waals surface area contributed by atoms with Crippen LogP contribution in [-0.2, 0) is 45.2 Å². The van der Waals surface area contributed by atoms with Crippen LogP contribution in [0.4, 0.5) is 28.4 Å². The molecule has 460 valence electrons. The van der Waals surface area contributed by atoms with Crippen LogP contribution in [0.3, 0.4) is 0 Å². The second-order valence-electron chi connectivity index (χ2n) is 22.1. The standard InChI is InChI=1S/C46H44N6O7.C17H32N4O3.C2H6.H2O/c1-26(47-2)44(53)50-31-14-27(24-58-42-20-36-34(18-40(42)56-3)45(54)51-32(22-48-36)16-29-9-5-7-11-38(29)51)13-28(15-31)25-59-43-21-37-35(19-41(43)57-4)46(55)52-33(23-49-37)17-30-10-6-8-12-39(30)52;1-16(2,17(3,4)21-18-5)10-11-19-14(23)8-6-7-9-15(24)20-12-13-22;1-2;/h5-15,18-22,26,32-33,47,49H,16-17,23-25H2,1-4H3,(H,50,53);13,21H,5-12H2,1-4H3,(H,19,23)(H,20,24);1-2H3;1H2/t26?,32-,33?;;;/m0.../s1. The third-order valence-corrected chi connectivity index (χ3v) is 16.0. The topological polar surface area (TPSA) is 274 Å². The first-order valence-corrected chi connectivity index (χ1v) is 29.0. The molecule has 4 heterocycles. The van der Waals surface area contributed by atoms with Crippen LogP contribution in [0.25, 0.3) is 0 Å². The number of para-hydroxylation sites is 2. The van der Waals surface area contributed by atoms with Gasteiger partial charge in [-0.05, 0) is 124 Å². The van der Waals surface area contributed by atoms with Crippen LogP contribution in [0, 0.1) is 5.41 Å². The molecule has 5 aromatic carbocycles. The van der Waals surface area contributed by atoms with Crippen LogP contribution < -0.4 is 60.8 Å². The maximum absolute atomic E-state index is 14.0. The number of aliphatic imine (C=N–C) groups is 1. The van der Waals surface area contributed by atoms with Crippen molar-refractivity contribution in [3.63, 3.8) is 0 Å². The summed E-state index contributed by atoms with van der Waals surface area (Å²) in [7, 11) is 4.80. The molecule has 9 rings (SSSR count). The van der Waals surface area contributed by atoms with Gasteiger partial charge in [0.1, 0.15) is 19.5 Å². The summed E-state index contributed by atoms with van der Waals surface area (Å²) >= 11 is 0. The van der Waals surface area contributed by atoms with Crippen molar-refractivity contribution < 1.29 is 53.2 Å². The maximum Gasteiger partial charge on any atom is 0.261 e. The molecular weight excluding hydrogens is 1100 g/mol. The summed E-state index contributed by atoms with van der Waals surface area (Å²) in [6, 6.07) is 27.9. The molecule has 0 aromatic heterocycles. The van der Waals surface area contributed by atoms with E-state index < -0.39 is 6.04 Å². The van der Waals surface area contributed by atoms with Gasteiger partial charge in [-0.3, -0.25) is 33.9 Å². The fourth-order valence-corrected chi connectivity index (χ4v) is 10.4. The molecule has 0 saturated heterocycles. The van der Waals surface area contributed by atoms with E-state index in [-0.39, 0.29) is 77.8 Å². The summed E-state index contributed by atoms with van der Waals surface area (Å²) < 4.78 is 24.3. The van der Waals surface area contributed by atoms with Crippen molar-refractivity contribution in [2.45, 2.75) is 130 Å². The van der Waals surface area contributed by atoms with Gasteiger partial charge in [0.15, 0.2) is 23.0 Å². The number of carbonyl (C=O) groups excluding carboxylic acids is 6. The van der Waals surface area contributed by atoms with Crippen molar-refractivity contribution in [3.05, 3.63) is 124 Å². The number of nitrogens with zero attached hydrogens (tertiary/aromatic N) is 4. The van der Waals surface area contributed by atoms with E-state index in [0.29, 0.717) is 103 Å². The monoisotopic (exact) mass is 1180 g/mol. The summed E-state index contributed by atoms with van der Waals surface area (Å²) in [5.74, 6) is 1.06. The zero-order valence-electron chi connectivity index (χ0n) is 51.1. The van der Waals surface area contributed by atoms with E-state index in [4.69, 9.17) is 23.9 Å². The summed E-state index contributed by atoms with van der Waals surface area (Å²) in [5.41, 5.74) is 10.9. The predicted molar refractivity (Wildman–Crippen MR) is 337 cm³/mol. The molecule has 21 heteroatoms. The van der Waals surface area contributed by atoms with Crippen molar-refractivity contribution in [1.82, 2.24) is 21.4 Å². The number of hydrogen-bond acceptors (Lipinski definition) is 15. The molecule has 21 nitrogen and oxygen atoms in total. The Balaban J connectivity index is 0.000000372. The molecule has 2 unspecified atom stereocenters. The van der Waals surface area contributed by atoms with Crippen molar-refractivity contribution >= 4 is 77.2 Å². The van der Waals surface area contributed by atoms with Gasteiger partial charge in [-0.15, -0.1) is 0 Å². The number of benzene rings is 5. The van der Waals surface area contributed by atoms with Gasteiger partial charge in [0.05, 0.1) is 66.9 Å². The highest BCUT2D eigenvalue weighted by atomic mass is 16.5. The van der Waals surface area contributed by atoms with Crippen molar-refractivity contribution in [1.29, 1.82) is 0 Å². The number of unbranched alkanes of at least 4 members (excludes halogenated alkanes) is 1. The number of rotatable bonds is 24. The van der Waals surface area contributed by atoms with Gasteiger partial charge in [0.25, 0.3) is 11.8 Å². The first-order chi connectivity index (χ1) is 40.9. The van der Waals surface area contributed by atoms with Gasteiger partial charge >= 0.3 is 0 Å². The summed E-state index contributed by atoms with van der Waals surface area (Å²) in [6.45, 7) is 19.0. The van der Waals surface area contributed by atoms with E-state index in [1.165, 1.54) is 7.11 Å². The predicted octanol–water partition coefficient (Wildman–Crippen LogP) is 8.27. The quantitative estimate of drug-likeness (QED) is 0.0147. The lowest BCUT2D eigenvalue weighted by Crippen LogP contribution is -2.50. The van der Waals surface area contributed by atoms with Crippen LogP contribution in [-0.4, -0.2) is 119 Å². The Labute approximate surface area is 504 Å². The van der Waals surface area contributed by atoms with Gasteiger partial charge in [-0.1, -0.05) is 64.1 Å².